The van der Waals surface area contributed by atoms with E-state index >= 15 is 0 Å². The number of hydrogen-bond acceptors (Lipinski definition) is 4. The summed E-state index contributed by atoms with van der Waals surface area (Å²) in [4.78, 5) is 8.04. The number of nitrogens with zero attached hydrogens (tertiary/aromatic N) is 2. The molecule has 1 N–H and O–H groups in total. The van der Waals surface area contributed by atoms with Crippen molar-refractivity contribution in [3.05, 3.63) is 17.5 Å². The molecule has 0 atom stereocenters. The highest BCUT2D eigenvalue weighted by molar-refractivity contribution is 7.99. The summed E-state index contributed by atoms with van der Waals surface area (Å²) in [5, 5.41) is 3.61. The van der Waals surface area contributed by atoms with Gasteiger partial charge in [-0.15, -0.1) is 0 Å². The molecule has 1 aromatic rings. The lowest BCUT2D eigenvalue weighted by atomic mass is 10.2. The highest BCUT2D eigenvalue weighted by Gasteiger charge is 2.15. The van der Waals surface area contributed by atoms with E-state index in [1.807, 2.05) is 0 Å². The van der Waals surface area contributed by atoms with E-state index in [4.69, 9.17) is 11.6 Å². The number of nitrogens with one attached hydrogen (secondary N) is 1. The first-order valence-corrected chi connectivity index (χ1v) is 5.90. The van der Waals surface area contributed by atoms with E-state index in [9.17, 15) is 0 Å². The molecule has 1 aromatic heterocycles. The molecule has 0 aromatic carbocycles. The highest BCUT2D eigenvalue weighted by Crippen LogP contribution is 2.21. The standard InChI is InChI=1S/C9H14ClN3S/c1-9(2,14-3)6-12-8-5-11-4-7(10)13-8/h4-5H,6H2,1-3H3,(H,12,13). The van der Waals surface area contributed by atoms with Crippen LogP contribution in [0.5, 0.6) is 0 Å². The van der Waals surface area contributed by atoms with Crippen LogP contribution in [-0.4, -0.2) is 27.5 Å². The summed E-state index contributed by atoms with van der Waals surface area (Å²) in [7, 11) is 0. The van der Waals surface area contributed by atoms with Crippen molar-refractivity contribution in [2.75, 3.05) is 18.1 Å². The zero-order valence-electron chi connectivity index (χ0n) is 8.54. The Kier molecular flexibility index (Phi) is 4.01. The fourth-order valence-electron chi connectivity index (χ4n) is 0.803. The van der Waals surface area contributed by atoms with Gasteiger partial charge >= 0.3 is 0 Å². The summed E-state index contributed by atoms with van der Waals surface area (Å²) in [5.74, 6) is 0.722. The van der Waals surface area contributed by atoms with Crippen LogP contribution in [0.3, 0.4) is 0 Å². The van der Waals surface area contributed by atoms with Crippen molar-refractivity contribution in [3.8, 4) is 0 Å². The van der Waals surface area contributed by atoms with Crippen LogP contribution in [0.1, 0.15) is 13.8 Å². The van der Waals surface area contributed by atoms with Gasteiger partial charge in [0.25, 0.3) is 0 Å². The Balaban J connectivity index is 2.54. The number of aromatic nitrogens is 2. The lowest BCUT2D eigenvalue weighted by Gasteiger charge is -2.22. The van der Waals surface area contributed by atoms with Gasteiger partial charge in [0.15, 0.2) is 0 Å². The lowest BCUT2D eigenvalue weighted by molar-refractivity contribution is 0.749. The molecule has 78 valence electrons. The molecule has 0 aliphatic rings. The summed E-state index contributed by atoms with van der Waals surface area (Å²) < 4.78 is 0.185. The van der Waals surface area contributed by atoms with E-state index < -0.39 is 0 Å². The van der Waals surface area contributed by atoms with Crippen molar-refractivity contribution in [1.82, 2.24) is 9.97 Å². The van der Waals surface area contributed by atoms with Gasteiger partial charge in [-0.3, -0.25) is 4.98 Å². The summed E-state index contributed by atoms with van der Waals surface area (Å²) in [5.41, 5.74) is 0. The van der Waals surface area contributed by atoms with Crippen LogP contribution >= 0.6 is 23.4 Å². The smallest absolute Gasteiger partial charge is 0.149 e. The van der Waals surface area contributed by atoms with Crippen LogP contribution in [-0.2, 0) is 0 Å². The first-order valence-electron chi connectivity index (χ1n) is 4.30. The predicted molar refractivity (Wildman–Crippen MR) is 63.1 cm³/mol. The second kappa shape index (κ2) is 4.84. The van der Waals surface area contributed by atoms with Crippen LogP contribution in [0.25, 0.3) is 0 Å². The number of anilines is 1. The minimum Gasteiger partial charge on any atom is -0.367 e. The number of hydrogen-bond donors (Lipinski definition) is 1. The molecule has 0 radical (unpaired) electrons. The number of thioether (sulfide) groups is 1. The molecule has 5 heteroatoms. The Morgan fingerprint density at radius 2 is 2.21 bits per heavy atom. The summed E-state index contributed by atoms with van der Waals surface area (Å²) in [6, 6.07) is 0. The largest absolute Gasteiger partial charge is 0.367 e. The van der Waals surface area contributed by atoms with Crippen LogP contribution < -0.4 is 5.32 Å². The Hall–Kier alpha value is -0.480. The molecule has 0 aliphatic heterocycles. The van der Waals surface area contributed by atoms with E-state index in [1.165, 1.54) is 6.20 Å². The molecule has 1 rings (SSSR count). The van der Waals surface area contributed by atoms with Crippen molar-refractivity contribution in [3.63, 3.8) is 0 Å². The molecular weight excluding hydrogens is 218 g/mol. The summed E-state index contributed by atoms with van der Waals surface area (Å²) >= 11 is 7.52. The maximum absolute atomic E-state index is 5.71. The first-order chi connectivity index (χ1) is 6.53. The molecule has 0 fully saturated rings. The molecule has 0 amide bonds. The van der Waals surface area contributed by atoms with Crippen molar-refractivity contribution < 1.29 is 0 Å². The molecule has 0 bridgehead atoms. The van der Waals surface area contributed by atoms with Gasteiger partial charge in [-0.25, -0.2) is 4.98 Å². The van der Waals surface area contributed by atoms with Gasteiger partial charge in [0.1, 0.15) is 11.0 Å². The number of halogens is 1. The third-order valence-corrected chi connectivity index (χ3v) is 3.28. The van der Waals surface area contributed by atoms with E-state index in [0.29, 0.717) is 5.15 Å². The van der Waals surface area contributed by atoms with E-state index in [1.54, 1.807) is 18.0 Å². The van der Waals surface area contributed by atoms with Crippen molar-refractivity contribution in [2.24, 2.45) is 0 Å². The fourth-order valence-corrected chi connectivity index (χ4v) is 1.17. The van der Waals surface area contributed by atoms with Gasteiger partial charge in [-0.2, -0.15) is 11.8 Å². The average Bonchev–Trinajstić information content (AvgIpc) is 2.15. The second-order valence-corrected chi connectivity index (χ2v) is 5.45. The van der Waals surface area contributed by atoms with Crippen LogP contribution in [0.4, 0.5) is 5.82 Å². The van der Waals surface area contributed by atoms with Crippen molar-refractivity contribution in [2.45, 2.75) is 18.6 Å². The van der Waals surface area contributed by atoms with Crippen molar-refractivity contribution in [1.29, 1.82) is 0 Å². The number of rotatable bonds is 4. The topological polar surface area (TPSA) is 37.8 Å². The molecule has 0 unspecified atom stereocenters. The monoisotopic (exact) mass is 231 g/mol. The molecular formula is C9H14ClN3S. The fraction of sp³-hybridized carbons (Fsp3) is 0.556. The second-order valence-electron chi connectivity index (χ2n) is 3.54. The van der Waals surface area contributed by atoms with Gasteiger partial charge < -0.3 is 5.32 Å². The van der Waals surface area contributed by atoms with Crippen LogP contribution in [0.15, 0.2) is 12.4 Å². The molecule has 0 saturated heterocycles. The average molecular weight is 232 g/mol. The van der Waals surface area contributed by atoms with E-state index in [0.717, 1.165) is 12.4 Å². The minimum absolute atomic E-state index is 0.185. The lowest BCUT2D eigenvalue weighted by Crippen LogP contribution is -2.26. The van der Waals surface area contributed by atoms with Gasteiger partial charge in [0.05, 0.1) is 12.4 Å². The van der Waals surface area contributed by atoms with E-state index in [2.05, 4.69) is 35.4 Å². The SMILES string of the molecule is CSC(C)(C)CNc1cncc(Cl)n1. The third kappa shape index (κ3) is 3.72. The molecule has 0 saturated carbocycles. The van der Waals surface area contributed by atoms with Gasteiger partial charge in [0.2, 0.25) is 0 Å². The Morgan fingerprint density at radius 3 is 2.79 bits per heavy atom. The zero-order valence-corrected chi connectivity index (χ0v) is 10.1. The maximum atomic E-state index is 5.71. The minimum atomic E-state index is 0.185. The van der Waals surface area contributed by atoms with Crippen LogP contribution in [0.2, 0.25) is 5.15 Å². The van der Waals surface area contributed by atoms with Gasteiger partial charge in [-0.1, -0.05) is 11.6 Å². The van der Waals surface area contributed by atoms with Gasteiger partial charge in [-0.05, 0) is 20.1 Å². The van der Waals surface area contributed by atoms with E-state index in [-0.39, 0.29) is 4.75 Å². The third-order valence-electron chi connectivity index (χ3n) is 1.85. The maximum Gasteiger partial charge on any atom is 0.149 e. The Bertz CT molecular complexity index is 304. The molecule has 0 spiro atoms. The first kappa shape index (κ1) is 11.6. The molecule has 1 heterocycles. The molecule has 14 heavy (non-hydrogen) atoms. The highest BCUT2D eigenvalue weighted by atomic mass is 35.5. The summed E-state index contributed by atoms with van der Waals surface area (Å²) in [6.07, 6.45) is 5.28. The molecule has 0 aliphatic carbocycles. The quantitative estimate of drug-likeness (QED) is 0.865. The van der Waals surface area contributed by atoms with Crippen molar-refractivity contribution >= 4 is 29.2 Å². The normalized spacial score (nSPS) is 11.4. The van der Waals surface area contributed by atoms with Crippen LogP contribution in [0, 0.1) is 0 Å². The Labute approximate surface area is 93.7 Å². The predicted octanol–water partition coefficient (Wildman–Crippen LogP) is 2.68. The zero-order chi connectivity index (χ0) is 10.6. The Morgan fingerprint density at radius 1 is 1.50 bits per heavy atom. The molecule has 3 nitrogen and oxygen atoms in total. The summed E-state index contributed by atoms with van der Waals surface area (Å²) in [6.45, 7) is 5.18. The van der Waals surface area contributed by atoms with Gasteiger partial charge in [0, 0.05) is 11.3 Å².